The summed E-state index contributed by atoms with van der Waals surface area (Å²) in [5.41, 5.74) is 0.671. The summed E-state index contributed by atoms with van der Waals surface area (Å²) in [4.78, 5) is 23.7. The van der Waals surface area contributed by atoms with Gasteiger partial charge in [-0.3, -0.25) is 9.52 Å². The van der Waals surface area contributed by atoms with Crippen LogP contribution in [0.2, 0.25) is 0 Å². The van der Waals surface area contributed by atoms with E-state index in [-0.39, 0.29) is 5.78 Å². The molecule has 23 heavy (non-hydrogen) atoms. The van der Waals surface area contributed by atoms with Crippen LogP contribution in [0.25, 0.3) is 0 Å². The summed E-state index contributed by atoms with van der Waals surface area (Å²) in [6, 6.07) is 5.87. The lowest BCUT2D eigenvalue weighted by Gasteiger charge is -2.11. The fourth-order valence-electron chi connectivity index (χ4n) is 1.66. The lowest BCUT2D eigenvalue weighted by molar-refractivity contribution is -0.140. The predicted molar refractivity (Wildman–Crippen MR) is 88.7 cm³/mol. The molecule has 1 aromatic carbocycles. The zero-order valence-electron chi connectivity index (χ0n) is 13.1. The molecule has 1 atom stereocenters. The number of Topliss-reactive ketones (excluding diaryl/α,β-unsaturated/α-hetero) is 1. The van der Waals surface area contributed by atoms with Crippen LogP contribution < -0.4 is 4.72 Å². The fourth-order valence-corrected chi connectivity index (χ4v) is 2.23. The average Bonchev–Trinajstić information content (AvgIpc) is 2.46. The van der Waals surface area contributed by atoms with Crippen molar-refractivity contribution in [3.63, 3.8) is 0 Å². The molecule has 6 nitrogen and oxygen atoms in total. The van der Waals surface area contributed by atoms with Gasteiger partial charge in [-0.2, -0.15) is 0 Å². The van der Waals surface area contributed by atoms with E-state index in [4.69, 9.17) is 4.74 Å². The molecular weight excluding hydrogens is 318 g/mol. The number of ketones is 1. The summed E-state index contributed by atoms with van der Waals surface area (Å²) in [5, 5.41) is 0. The highest BCUT2D eigenvalue weighted by atomic mass is 32.2. The third-order valence-corrected chi connectivity index (χ3v) is 3.28. The number of anilines is 1. The molecule has 0 saturated heterocycles. The van der Waals surface area contributed by atoms with Crippen LogP contribution in [0, 0.1) is 0 Å². The molecule has 0 amide bonds. The van der Waals surface area contributed by atoms with Gasteiger partial charge < -0.3 is 4.74 Å². The summed E-state index contributed by atoms with van der Waals surface area (Å²) in [5.74, 6) is -0.983. The van der Waals surface area contributed by atoms with Crippen LogP contribution in [-0.2, 0) is 19.6 Å². The van der Waals surface area contributed by atoms with E-state index in [0.29, 0.717) is 11.3 Å². The Morgan fingerprint density at radius 1 is 1.17 bits per heavy atom. The first-order valence-corrected chi connectivity index (χ1v) is 8.74. The van der Waals surface area contributed by atoms with Gasteiger partial charge in [0.25, 0.3) is 0 Å². The number of carbonyl (C=O) groups excluding carboxylic acids is 2. The van der Waals surface area contributed by atoms with E-state index in [9.17, 15) is 18.0 Å². The van der Waals surface area contributed by atoms with Crippen LogP contribution in [0.4, 0.5) is 5.69 Å². The van der Waals surface area contributed by atoms with Gasteiger partial charge >= 0.3 is 5.97 Å². The van der Waals surface area contributed by atoms with Crippen LogP contribution in [0.3, 0.4) is 0 Å². The van der Waals surface area contributed by atoms with Crippen LogP contribution in [0.1, 0.15) is 24.2 Å². The van der Waals surface area contributed by atoms with Crippen molar-refractivity contribution >= 4 is 27.5 Å². The average molecular weight is 337 g/mol. The Hall–Kier alpha value is -2.41. The molecule has 7 heteroatoms. The Morgan fingerprint density at radius 3 is 2.30 bits per heavy atom. The molecule has 1 aromatic rings. The largest absolute Gasteiger partial charge is 0.451 e. The monoisotopic (exact) mass is 337 g/mol. The number of carbonyl (C=O) groups is 2. The van der Waals surface area contributed by atoms with Crippen molar-refractivity contribution in [1.82, 2.24) is 0 Å². The molecule has 0 unspecified atom stereocenters. The zero-order chi connectivity index (χ0) is 17.5. The molecule has 1 rings (SSSR count). The first-order chi connectivity index (χ1) is 10.7. The molecule has 0 saturated carbocycles. The molecule has 0 spiro atoms. The van der Waals surface area contributed by atoms with Crippen LogP contribution in [0.5, 0.6) is 0 Å². The van der Waals surface area contributed by atoms with E-state index in [2.05, 4.69) is 4.72 Å². The second-order valence-corrected chi connectivity index (χ2v) is 6.53. The number of nitrogens with one attached hydrogen (secondary N) is 1. The quantitative estimate of drug-likeness (QED) is 0.357. The standard InChI is InChI=1S/C16H19NO5S/c1-4-5-6-7-15(18)22-12(2)16(19)13-8-10-14(11-9-13)17-23(3,20)21/h4-12,17H,1-3H3/b5-4+,7-6+/t12-/m0/s1. The number of esters is 1. The van der Waals surface area contributed by atoms with Gasteiger partial charge in [-0.05, 0) is 38.1 Å². The highest BCUT2D eigenvalue weighted by molar-refractivity contribution is 7.92. The van der Waals surface area contributed by atoms with Gasteiger partial charge in [0.05, 0.1) is 6.26 Å². The molecule has 0 aliphatic heterocycles. The van der Waals surface area contributed by atoms with Crippen LogP contribution in [-0.4, -0.2) is 32.5 Å². The second kappa shape index (κ2) is 8.28. The van der Waals surface area contributed by atoms with Gasteiger partial charge in [0.1, 0.15) is 0 Å². The van der Waals surface area contributed by atoms with Crippen LogP contribution >= 0.6 is 0 Å². The minimum absolute atomic E-state index is 0.321. The molecule has 0 fully saturated rings. The summed E-state index contributed by atoms with van der Waals surface area (Å²) >= 11 is 0. The van der Waals surface area contributed by atoms with Crippen molar-refractivity contribution in [1.29, 1.82) is 0 Å². The van der Waals surface area contributed by atoms with Gasteiger partial charge in [-0.1, -0.05) is 18.2 Å². The minimum atomic E-state index is -3.37. The summed E-state index contributed by atoms with van der Waals surface area (Å²) in [7, 11) is -3.37. The molecule has 0 bridgehead atoms. The van der Waals surface area contributed by atoms with E-state index >= 15 is 0 Å². The maximum absolute atomic E-state index is 12.2. The Balaban J connectivity index is 2.71. The van der Waals surface area contributed by atoms with E-state index in [0.717, 1.165) is 6.26 Å². The second-order valence-electron chi connectivity index (χ2n) is 4.78. The van der Waals surface area contributed by atoms with Gasteiger partial charge in [-0.15, -0.1) is 0 Å². The number of allylic oxidation sites excluding steroid dienone is 3. The highest BCUT2D eigenvalue weighted by Crippen LogP contribution is 2.13. The fraction of sp³-hybridized carbons (Fsp3) is 0.250. The minimum Gasteiger partial charge on any atom is -0.451 e. The topological polar surface area (TPSA) is 89.5 Å². The first kappa shape index (κ1) is 18.6. The van der Waals surface area contributed by atoms with E-state index < -0.39 is 22.1 Å². The number of sulfonamides is 1. The van der Waals surface area contributed by atoms with Crippen molar-refractivity contribution in [2.45, 2.75) is 20.0 Å². The SMILES string of the molecule is C/C=C/C=C/C(=O)O[C@@H](C)C(=O)c1ccc(NS(C)(=O)=O)cc1. The number of hydrogen-bond acceptors (Lipinski definition) is 5. The Labute approximate surface area is 135 Å². The number of benzene rings is 1. The summed E-state index contributed by atoms with van der Waals surface area (Å²) < 4.78 is 29.5. The van der Waals surface area contributed by atoms with Gasteiger partial charge in [0, 0.05) is 17.3 Å². The normalized spacial score (nSPS) is 13.2. The summed E-state index contributed by atoms with van der Waals surface area (Å²) in [6.45, 7) is 3.29. The lowest BCUT2D eigenvalue weighted by atomic mass is 10.1. The maximum Gasteiger partial charge on any atom is 0.331 e. The maximum atomic E-state index is 12.2. The van der Waals surface area contributed by atoms with Gasteiger partial charge in [0.2, 0.25) is 15.8 Å². The molecule has 0 aliphatic rings. The molecule has 0 heterocycles. The highest BCUT2D eigenvalue weighted by Gasteiger charge is 2.18. The third-order valence-electron chi connectivity index (χ3n) is 2.67. The number of hydrogen-bond donors (Lipinski definition) is 1. The Kier molecular flexibility index (Phi) is 6.71. The molecule has 0 aromatic heterocycles. The number of rotatable bonds is 7. The van der Waals surface area contributed by atoms with E-state index in [1.54, 1.807) is 12.2 Å². The molecule has 0 radical (unpaired) electrons. The predicted octanol–water partition coefficient (Wildman–Crippen LogP) is 2.30. The van der Waals surface area contributed by atoms with Crippen molar-refractivity contribution in [3.8, 4) is 0 Å². The van der Waals surface area contributed by atoms with Crippen molar-refractivity contribution in [3.05, 3.63) is 54.1 Å². The summed E-state index contributed by atoms with van der Waals surface area (Å²) in [6.07, 6.45) is 6.26. The Bertz CT molecular complexity index is 717. The molecule has 0 aliphatic carbocycles. The number of ether oxygens (including phenoxy) is 1. The molecule has 1 N–H and O–H groups in total. The zero-order valence-corrected chi connectivity index (χ0v) is 14.0. The smallest absolute Gasteiger partial charge is 0.331 e. The Morgan fingerprint density at radius 2 is 1.78 bits per heavy atom. The van der Waals surface area contributed by atoms with E-state index in [1.807, 2.05) is 6.92 Å². The molecular formula is C16H19NO5S. The first-order valence-electron chi connectivity index (χ1n) is 6.85. The van der Waals surface area contributed by atoms with Crippen LogP contribution in [0.15, 0.2) is 48.6 Å². The van der Waals surface area contributed by atoms with Crippen molar-refractivity contribution in [2.24, 2.45) is 0 Å². The molecule has 124 valence electrons. The lowest BCUT2D eigenvalue weighted by Crippen LogP contribution is -2.23. The van der Waals surface area contributed by atoms with Gasteiger partial charge in [0.15, 0.2) is 6.10 Å². The van der Waals surface area contributed by atoms with Crippen molar-refractivity contribution < 1.29 is 22.7 Å². The van der Waals surface area contributed by atoms with Gasteiger partial charge in [-0.25, -0.2) is 13.2 Å². The van der Waals surface area contributed by atoms with E-state index in [1.165, 1.54) is 43.3 Å². The third kappa shape index (κ3) is 6.92. The van der Waals surface area contributed by atoms with Crippen molar-refractivity contribution in [2.75, 3.05) is 11.0 Å².